The van der Waals surface area contributed by atoms with Crippen molar-refractivity contribution in [1.82, 2.24) is 0 Å². The van der Waals surface area contributed by atoms with Gasteiger partial charge in [-0.15, -0.1) is 0 Å². The molecule has 0 amide bonds. The van der Waals surface area contributed by atoms with E-state index in [1.54, 1.807) is 6.07 Å². The van der Waals surface area contributed by atoms with Crippen LogP contribution in [0.3, 0.4) is 0 Å². The topological polar surface area (TPSA) is 26.0 Å². The summed E-state index contributed by atoms with van der Waals surface area (Å²) in [5.41, 5.74) is 6.51. The Labute approximate surface area is 115 Å². The second-order valence-electron chi connectivity index (χ2n) is 3.81. The molecule has 1 nitrogen and oxygen atoms in total. The number of rotatable bonds is 2. The van der Waals surface area contributed by atoms with Gasteiger partial charge in [0, 0.05) is 4.47 Å². The van der Waals surface area contributed by atoms with Gasteiger partial charge in [-0.1, -0.05) is 15.9 Å². The number of hydrogen-bond donors (Lipinski definition) is 1. The first-order chi connectivity index (χ1) is 8.38. The molecule has 96 valence electrons. The van der Waals surface area contributed by atoms with E-state index >= 15 is 0 Å². The molecule has 0 aliphatic rings. The van der Waals surface area contributed by atoms with Gasteiger partial charge in [-0.05, 0) is 46.2 Å². The zero-order chi connectivity index (χ0) is 13.3. The van der Waals surface area contributed by atoms with Crippen LogP contribution in [0, 0.1) is 0 Å². The summed E-state index contributed by atoms with van der Waals surface area (Å²) >= 11 is 4.55. The van der Waals surface area contributed by atoms with Crippen molar-refractivity contribution in [2.24, 2.45) is 5.73 Å². The molecule has 1 aromatic heterocycles. The Morgan fingerprint density at radius 3 is 2.44 bits per heavy atom. The van der Waals surface area contributed by atoms with E-state index in [0.717, 1.165) is 17.7 Å². The average molecular weight is 336 g/mol. The number of hydrogen-bond acceptors (Lipinski definition) is 2. The zero-order valence-corrected chi connectivity index (χ0v) is 11.4. The van der Waals surface area contributed by atoms with Gasteiger partial charge in [0.15, 0.2) is 0 Å². The van der Waals surface area contributed by atoms with E-state index in [0.29, 0.717) is 10.0 Å². The summed E-state index contributed by atoms with van der Waals surface area (Å²) in [4.78, 5) is 0. The highest BCUT2D eigenvalue weighted by Gasteiger charge is 2.31. The van der Waals surface area contributed by atoms with Crippen LogP contribution in [0.5, 0.6) is 0 Å². The number of nitrogens with two attached hydrogens (primary N) is 1. The van der Waals surface area contributed by atoms with E-state index in [1.165, 1.54) is 11.3 Å². The van der Waals surface area contributed by atoms with Crippen molar-refractivity contribution in [2.45, 2.75) is 12.2 Å². The van der Waals surface area contributed by atoms with Gasteiger partial charge < -0.3 is 5.73 Å². The van der Waals surface area contributed by atoms with Crippen molar-refractivity contribution in [3.05, 3.63) is 56.2 Å². The summed E-state index contributed by atoms with van der Waals surface area (Å²) in [6.07, 6.45) is -4.37. The standard InChI is InChI=1S/C12H9BrF3NS/c13-10-4-8(3-9(5-10)12(14,15)16)11(17)7-1-2-18-6-7/h1-6,11H,17H2/t11-/m1/s1. The Morgan fingerprint density at radius 1 is 1.17 bits per heavy atom. The highest BCUT2D eigenvalue weighted by atomic mass is 79.9. The van der Waals surface area contributed by atoms with Crippen molar-refractivity contribution >= 4 is 27.3 Å². The zero-order valence-electron chi connectivity index (χ0n) is 9.04. The maximum atomic E-state index is 12.7. The molecular weight excluding hydrogens is 327 g/mol. The largest absolute Gasteiger partial charge is 0.416 e. The van der Waals surface area contributed by atoms with Crippen LogP contribution in [-0.4, -0.2) is 0 Å². The lowest BCUT2D eigenvalue weighted by Gasteiger charge is -2.14. The summed E-state index contributed by atoms with van der Waals surface area (Å²) in [5.74, 6) is 0. The van der Waals surface area contributed by atoms with Crippen LogP contribution < -0.4 is 5.73 Å². The molecule has 0 unspecified atom stereocenters. The minimum absolute atomic E-state index is 0.373. The molecule has 0 aliphatic heterocycles. The van der Waals surface area contributed by atoms with E-state index in [-0.39, 0.29) is 0 Å². The Kier molecular flexibility index (Phi) is 3.79. The summed E-state index contributed by atoms with van der Waals surface area (Å²) in [5, 5.41) is 3.68. The first-order valence-corrected chi connectivity index (χ1v) is 6.77. The van der Waals surface area contributed by atoms with E-state index in [2.05, 4.69) is 15.9 Å². The minimum Gasteiger partial charge on any atom is -0.320 e. The quantitative estimate of drug-likeness (QED) is 0.854. The highest BCUT2D eigenvalue weighted by molar-refractivity contribution is 9.10. The molecule has 0 saturated carbocycles. The molecule has 1 heterocycles. The fourth-order valence-corrected chi connectivity index (χ4v) is 2.81. The van der Waals surface area contributed by atoms with Gasteiger partial charge in [-0.2, -0.15) is 24.5 Å². The number of benzene rings is 1. The lowest BCUT2D eigenvalue weighted by molar-refractivity contribution is -0.137. The fourth-order valence-electron chi connectivity index (χ4n) is 1.60. The van der Waals surface area contributed by atoms with E-state index < -0.39 is 17.8 Å². The molecule has 1 aromatic carbocycles. The SMILES string of the molecule is N[C@H](c1ccsc1)c1cc(Br)cc(C(F)(F)F)c1. The van der Waals surface area contributed by atoms with Crippen molar-refractivity contribution in [3.63, 3.8) is 0 Å². The number of halogens is 4. The van der Waals surface area contributed by atoms with Crippen LogP contribution in [0.15, 0.2) is 39.5 Å². The molecule has 0 saturated heterocycles. The Morgan fingerprint density at radius 2 is 1.89 bits per heavy atom. The molecule has 1 atom stereocenters. The predicted octanol–water partition coefficient (Wildman–Crippen LogP) is 4.58. The van der Waals surface area contributed by atoms with Gasteiger partial charge >= 0.3 is 6.18 Å². The molecule has 0 spiro atoms. The Bertz CT molecular complexity index is 537. The smallest absolute Gasteiger partial charge is 0.320 e. The molecular formula is C12H9BrF3NS. The summed E-state index contributed by atoms with van der Waals surface area (Å²) in [6.45, 7) is 0. The van der Waals surface area contributed by atoms with Gasteiger partial charge in [0.05, 0.1) is 11.6 Å². The molecule has 0 bridgehead atoms. The first-order valence-electron chi connectivity index (χ1n) is 5.03. The molecule has 0 radical (unpaired) electrons. The maximum absolute atomic E-state index is 12.7. The monoisotopic (exact) mass is 335 g/mol. The van der Waals surface area contributed by atoms with Crippen molar-refractivity contribution in [2.75, 3.05) is 0 Å². The van der Waals surface area contributed by atoms with E-state index in [9.17, 15) is 13.2 Å². The van der Waals surface area contributed by atoms with Crippen LogP contribution in [-0.2, 0) is 6.18 Å². The van der Waals surface area contributed by atoms with Crippen molar-refractivity contribution in [1.29, 1.82) is 0 Å². The Hall–Kier alpha value is -0.850. The first kappa shape index (κ1) is 13.6. The van der Waals surface area contributed by atoms with Gasteiger partial charge in [0.2, 0.25) is 0 Å². The minimum atomic E-state index is -4.37. The molecule has 2 N–H and O–H groups in total. The fraction of sp³-hybridized carbons (Fsp3) is 0.167. The van der Waals surface area contributed by atoms with Crippen LogP contribution in [0.2, 0.25) is 0 Å². The van der Waals surface area contributed by atoms with Gasteiger partial charge in [-0.25, -0.2) is 0 Å². The molecule has 0 aliphatic carbocycles. The third-order valence-corrected chi connectivity index (χ3v) is 3.67. The van der Waals surface area contributed by atoms with E-state index in [4.69, 9.17) is 5.73 Å². The van der Waals surface area contributed by atoms with Crippen molar-refractivity contribution in [3.8, 4) is 0 Å². The number of alkyl halides is 3. The lowest BCUT2D eigenvalue weighted by Crippen LogP contribution is -2.13. The lowest BCUT2D eigenvalue weighted by atomic mass is 10.00. The Balaban J connectivity index is 2.43. The van der Waals surface area contributed by atoms with Crippen LogP contribution >= 0.6 is 27.3 Å². The van der Waals surface area contributed by atoms with Gasteiger partial charge in [-0.3, -0.25) is 0 Å². The molecule has 18 heavy (non-hydrogen) atoms. The molecule has 0 fully saturated rings. The summed E-state index contributed by atoms with van der Waals surface area (Å²) < 4.78 is 38.5. The molecule has 2 rings (SSSR count). The summed E-state index contributed by atoms with van der Waals surface area (Å²) in [7, 11) is 0. The second kappa shape index (κ2) is 5.03. The van der Waals surface area contributed by atoms with Crippen LogP contribution in [0.25, 0.3) is 0 Å². The average Bonchev–Trinajstić information content (AvgIpc) is 2.79. The highest BCUT2D eigenvalue weighted by Crippen LogP contribution is 2.34. The second-order valence-corrected chi connectivity index (χ2v) is 5.50. The predicted molar refractivity (Wildman–Crippen MR) is 69.5 cm³/mol. The van der Waals surface area contributed by atoms with Gasteiger partial charge in [0.1, 0.15) is 0 Å². The maximum Gasteiger partial charge on any atom is 0.416 e. The van der Waals surface area contributed by atoms with Gasteiger partial charge in [0.25, 0.3) is 0 Å². The normalized spacial score (nSPS) is 13.6. The third-order valence-electron chi connectivity index (χ3n) is 2.51. The number of thiophene rings is 1. The third kappa shape index (κ3) is 2.93. The van der Waals surface area contributed by atoms with E-state index in [1.807, 2.05) is 16.8 Å². The summed E-state index contributed by atoms with van der Waals surface area (Å²) in [6, 6.07) is 5.01. The molecule has 6 heteroatoms. The van der Waals surface area contributed by atoms with Crippen LogP contribution in [0.1, 0.15) is 22.7 Å². The van der Waals surface area contributed by atoms with Crippen molar-refractivity contribution < 1.29 is 13.2 Å². The van der Waals surface area contributed by atoms with Crippen LogP contribution in [0.4, 0.5) is 13.2 Å². The molecule has 2 aromatic rings.